The van der Waals surface area contributed by atoms with Gasteiger partial charge in [-0.3, -0.25) is 0 Å². The van der Waals surface area contributed by atoms with Crippen LogP contribution in [0.15, 0.2) is 24.4 Å². The normalized spacial score (nSPS) is 14.9. The van der Waals surface area contributed by atoms with E-state index in [9.17, 15) is 5.26 Å². The van der Waals surface area contributed by atoms with Gasteiger partial charge in [0.25, 0.3) is 0 Å². The van der Waals surface area contributed by atoms with Crippen molar-refractivity contribution in [1.82, 2.24) is 4.57 Å². The molecular weight excluding hydrogens is 208 g/mol. The standard InChI is InChI=1S/C15H16N2/c1-15(2,10-16)13-9-17-8-4-6-11-5-3-7-12(13)14(11)17/h3,5,7,9H,4,6,8H2,1-2H3. The maximum Gasteiger partial charge on any atom is 0.0787 e. The minimum Gasteiger partial charge on any atom is -0.347 e. The first kappa shape index (κ1) is 10.4. The van der Waals surface area contributed by atoms with E-state index in [0.717, 1.165) is 13.0 Å². The highest BCUT2D eigenvalue weighted by molar-refractivity contribution is 5.88. The predicted molar refractivity (Wildman–Crippen MR) is 68.9 cm³/mol. The molecule has 0 saturated heterocycles. The second-order valence-electron chi connectivity index (χ2n) is 5.39. The highest BCUT2D eigenvalue weighted by atomic mass is 15.0. The maximum absolute atomic E-state index is 9.31. The van der Waals surface area contributed by atoms with Gasteiger partial charge in [-0.25, -0.2) is 0 Å². The summed E-state index contributed by atoms with van der Waals surface area (Å²) in [7, 11) is 0. The fourth-order valence-electron chi connectivity index (χ4n) is 2.81. The van der Waals surface area contributed by atoms with Gasteiger partial charge >= 0.3 is 0 Å². The van der Waals surface area contributed by atoms with Gasteiger partial charge in [0.2, 0.25) is 0 Å². The largest absolute Gasteiger partial charge is 0.347 e. The van der Waals surface area contributed by atoms with Crippen LogP contribution in [-0.2, 0) is 18.4 Å². The van der Waals surface area contributed by atoms with Crippen molar-refractivity contribution >= 4 is 10.9 Å². The van der Waals surface area contributed by atoms with Gasteiger partial charge in [0.1, 0.15) is 0 Å². The summed E-state index contributed by atoms with van der Waals surface area (Å²) in [5, 5.41) is 10.6. The number of para-hydroxylation sites is 1. The summed E-state index contributed by atoms with van der Waals surface area (Å²) in [5.41, 5.74) is 3.52. The van der Waals surface area contributed by atoms with Gasteiger partial charge in [0.15, 0.2) is 0 Å². The van der Waals surface area contributed by atoms with Crippen molar-refractivity contribution in [2.75, 3.05) is 0 Å². The number of aromatic nitrogens is 1. The van der Waals surface area contributed by atoms with Crippen LogP contribution < -0.4 is 0 Å². The molecule has 2 heterocycles. The van der Waals surface area contributed by atoms with Crippen LogP contribution in [0.25, 0.3) is 10.9 Å². The van der Waals surface area contributed by atoms with E-state index in [1.807, 2.05) is 13.8 Å². The molecule has 3 rings (SSSR count). The number of nitrogens with zero attached hydrogens (tertiary/aromatic N) is 2. The Morgan fingerprint density at radius 1 is 1.35 bits per heavy atom. The quantitative estimate of drug-likeness (QED) is 0.730. The Balaban J connectivity index is 2.38. The van der Waals surface area contributed by atoms with Gasteiger partial charge in [0.05, 0.1) is 17.0 Å². The van der Waals surface area contributed by atoms with Gasteiger partial charge in [-0.2, -0.15) is 5.26 Å². The van der Waals surface area contributed by atoms with Crippen molar-refractivity contribution in [1.29, 1.82) is 5.26 Å². The maximum atomic E-state index is 9.31. The van der Waals surface area contributed by atoms with Crippen molar-refractivity contribution in [2.24, 2.45) is 0 Å². The molecule has 0 atom stereocenters. The van der Waals surface area contributed by atoms with Crippen molar-refractivity contribution in [3.8, 4) is 6.07 Å². The van der Waals surface area contributed by atoms with Gasteiger partial charge in [-0.15, -0.1) is 0 Å². The van der Waals surface area contributed by atoms with Crippen LogP contribution in [0.4, 0.5) is 0 Å². The van der Waals surface area contributed by atoms with Gasteiger partial charge in [-0.05, 0) is 37.8 Å². The number of nitriles is 1. The summed E-state index contributed by atoms with van der Waals surface area (Å²) < 4.78 is 2.32. The molecular formula is C15H16N2. The zero-order chi connectivity index (χ0) is 12.0. The molecule has 0 aliphatic carbocycles. The van der Waals surface area contributed by atoms with Crippen LogP contribution >= 0.6 is 0 Å². The molecule has 0 amide bonds. The van der Waals surface area contributed by atoms with Crippen LogP contribution in [0.2, 0.25) is 0 Å². The molecule has 0 bridgehead atoms. The molecule has 0 radical (unpaired) electrons. The lowest BCUT2D eigenvalue weighted by Gasteiger charge is -2.15. The van der Waals surface area contributed by atoms with Crippen LogP contribution in [0.1, 0.15) is 31.4 Å². The zero-order valence-electron chi connectivity index (χ0n) is 10.3. The number of benzene rings is 1. The third-order valence-electron chi connectivity index (χ3n) is 3.78. The molecule has 86 valence electrons. The molecule has 0 fully saturated rings. The van der Waals surface area contributed by atoms with E-state index in [4.69, 9.17) is 0 Å². The SMILES string of the molecule is CC(C)(C#N)c1cn2c3c(cccc13)CCC2. The first-order chi connectivity index (χ1) is 8.13. The Morgan fingerprint density at radius 2 is 2.18 bits per heavy atom. The second kappa shape index (κ2) is 3.37. The van der Waals surface area contributed by atoms with Crippen LogP contribution in [-0.4, -0.2) is 4.57 Å². The molecule has 2 aromatic rings. The highest BCUT2D eigenvalue weighted by Gasteiger charge is 2.26. The Kier molecular flexibility index (Phi) is 2.06. The number of hydrogen-bond donors (Lipinski definition) is 0. The smallest absolute Gasteiger partial charge is 0.0787 e. The minimum absolute atomic E-state index is 0.410. The highest BCUT2D eigenvalue weighted by Crippen LogP contribution is 2.35. The van der Waals surface area contributed by atoms with E-state index in [0.29, 0.717) is 0 Å². The molecule has 1 aliphatic heterocycles. The molecule has 1 aromatic heterocycles. The minimum atomic E-state index is -0.410. The van der Waals surface area contributed by atoms with Gasteiger partial charge in [-0.1, -0.05) is 18.2 Å². The zero-order valence-corrected chi connectivity index (χ0v) is 10.3. The summed E-state index contributed by atoms with van der Waals surface area (Å²) >= 11 is 0. The third kappa shape index (κ3) is 1.39. The molecule has 2 heteroatoms. The number of aryl methyl sites for hydroxylation is 2. The lowest BCUT2D eigenvalue weighted by atomic mass is 9.86. The third-order valence-corrected chi connectivity index (χ3v) is 3.78. The Labute approximate surface area is 101 Å². The lowest BCUT2D eigenvalue weighted by molar-refractivity contribution is 0.625. The Morgan fingerprint density at radius 3 is 2.94 bits per heavy atom. The van der Waals surface area contributed by atoms with Crippen molar-refractivity contribution in [3.63, 3.8) is 0 Å². The van der Waals surface area contributed by atoms with Crippen LogP contribution in [0, 0.1) is 11.3 Å². The number of hydrogen-bond acceptors (Lipinski definition) is 1. The molecule has 0 N–H and O–H groups in total. The molecule has 1 aromatic carbocycles. The first-order valence-electron chi connectivity index (χ1n) is 6.16. The Bertz CT molecular complexity index is 626. The topological polar surface area (TPSA) is 28.7 Å². The van der Waals surface area contributed by atoms with E-state index in [-0.39, 0.29) is 0 Å². The van der Waals surface area contributed by atoms with E-state index < -0.39 is 5.41 Å². The summed E-state index contributed by atoms with van der Waals surface area (Å²) in [5.74, 6) is 0. The fourth-order valence-corrected chi connectivity index (χ4v) is 2.81. The average Bonchev–Trinajstić information content (AvgIpc) is 2.72. The molecule has 1 aliphatic rings. The van der Waals surface area contributed by atoms with Crippen molar-refractivity contribution in [2.45, 2.75) is 38.6 Å². The summed E-state index contributed by atoms with van der Waals surface area (Å²) in [6, 6.07) is 8.89. The van der Waals surface area contributed by atoms with Crippen molar-refractivity contribution in [3.05, 3.63) is 35.5 Å². The number of rotatable bonds is 1. The molecule has 0 saturated carbocycles. The Hall–Kier alpha value is -1.75. The van der Waals surface area contributed by atoms with Gasteiger partial charge in [0, 0.05) is 18.1 Å². The fraction of sp³-hybridized carbons (Fsp3) is 0.400. The summed E-state index contributed by atoms with van der Waals surface area (Å²) in [6.45, 7) is 5.07. The molecule has 0 spiro atoms. The van der Waals surface area contributed by atoms with Gasteiger partial charge < -0.3 is 4.57 Å². The average molecular weight is 224 g/mol. The van der Waals surface area contributed by atoms with E-state index in [2.05, 4.69) is 35.0 Å². The monoisotopic (exact) mass is 224 g/mol. The first-order valence-corrected chi connectivity index (χ1v) is 6.16. The predicted octanol–water partition coefficient (Wildman–Crippen LogP) is 3.39. The van der Waals surface area contributed by atoms with E-state index in [1.54, 1.807) is 0 Å². The lowest BCUT2D eigenvalue weighted by Crippen LogP contribution is -2.13. The summed E-state index contributed by atoms with van der Waals surface area (Å²) in [6.07, 6.45) is 4.54. The van der Waals surface area contributed by atoms with Crippen molar-refractivity contribution < 1.29 is 0 Å². The van der Waals surface area contributed by atoms with E-state index >= 15 is 0 Å². The van der Waals surface area contributed by atoms with E-state index in [1.165, 1.54) is 28.5 Å². The van der Waals surface area contributed by atoms with Crippen LogP contribution in [0.3, 0.4) is 0 Å². The second-order valence-corrected chi connectivity index (χ2v) is 5.39. The molecule has 17 heavy (non-hydrogen) atoms. The van der Waals surface area contributed by atoms with Crippen LogP contribution in [0.5, 0.6) is 0 Å². The summed E-state index contributed by atoms with van der Waals surface area (Å²) in [4.78, 5) is 0. The molecule has 2 nitrogen and oxygen atoms in total. The molecule has 0 unspecified atom stereocenters.